The second-order valence-electron chi connectivity index (χ2n) is 7.78. The Hall–Kier alpha value is -3.65. The molecule has 0 aliphatic carbocycles. The van der Waals surface area contributed by atoms with E-state index in [0.29, 0.717) is 17.4 Å². The monoisotopic (exact) mass is 434 g/mol. The normalized spacial score (nSPS) is 13.7. The SMILES string of the molecule is CN(Cc1ccc(N2CCOCC2)cc1)C(=O)CNC(=O)c1c[nH]c2ccccc2c1=O. The number of para-hydroxylation sites is 1. The predicted octanol–water partition coefficient (Wildman–Crippen LogP) is 1.75. The van der Waals surface area contributed by atoms with Crippen LogP contribution in [0.2, 0.25) is 0 Å². The molecule has 0 spiro atoms. The summed E-state index contributed by atoms with van der Waals surface area (Å²) >= 11 is 0. The molecule has 32 heavy (non-hydrogen) atoms. The summed E-state index contributed by atoms with van der Waals surface area (Å²) in [5, 5.41) is 2.99. The number of pyridine rings is 1. The van der Waals surface area contributed by atoms with Gasteiger partial charge in [-0.05, 0) is 29.8 Å². The summed E-state index contributed by atoms with van der Waals surface area (Å²) in [5.41, 5.74) is 2.41. The first-order chi connectivity index (χ1) is 15.5. The molecule has 0 atom stereocenters. The van der Waals surface area contributed by atoms with E-state index in [2.05, 4.69) is 15.2 Å². The molecular weight excluding hydrogens is 408 g/mol. The molecule has 0 radical (unpaired) electrons. The number of anilines is 1. The fourth-order valence-electron chi connectivity index (χ4n) is 3.72. The van der Waals surface area contributed by atoms with E-state index >= 15 is 0 Å². The van der Waals surface area contributed by atoms with E-state index in [1.165, 1.54) is 6.20 Å². The third-order valence-electron chi connectivity index (χ3n) is 5.59. The minimum Gasteiger partial charge on any atom is -0.378 e. The number of nitrogens with one attached hydrogen (secondary N) is 2. The van der Waals surface area contributed by atoms with Gasteiger partial charge in [0.15, 0.2) is 0 Å². The average Bonchev–Trinajstić information content (AvgIpc) is 2.83. The fraction of sp³-hybridized carbons (Fsp3) is 0.292. The summed E-state index contributed by atoms with van der Waals surface area (Å²) in [7, 11) is 1.69. The van der Waals surface area contributed by atoms with Crippen molar-refractivity contribution >= 4 is 28.4 Å². The van der Waals surface area contributed by atoms with Crippen molar-refractivity contribution in [3.05, 3.63) is 76.1 Å². The van der Waals surface area contributed by atoms with Gasteiger partial charge in [-0.25, -0.2) is 0 Å². The molecular formula is C24H26N4O4. The Bertz CT molecular complexity index is 1170. The zero-order chi connectivity index (χ0) is 22.5. The molecule has 1 saturated heterocycles. The molecule has 0 unspecified atom stereocenters. The maximum absolute atomic E-state index is 12.5. The summed E-state index contributed by atoms with van der Waals surface area (Å²) in [6.07, 6.45) is 1.38. The van der Waals surface area contributed by atoms with Gasteiger partial charge >= 0.3 is 0 Å². The van der Waals surface area contributed by atoms with Crippen molar-refractivity contribution < 1.29 is 14.3 Å². The Morgan fingerprint density at radius 2 is 1.81 bits per heavy atom. The Morgan fingerprint density at radius 3 is 2.56 bits per heavy atom. The number of amides is 2. The van der Waals surface area contributed by atoms with Crippen molar-refractivity contribution in [3.63, 3.8) is 0 Å². The van der Waals surface area contributed by atoms with Gasteiger partial charge in [-0.1, -0.05) is 24.3 Å². The van der Waals surface area contributed by atoms with Crippen LogP contribution in [-0.4, -0.2) is 61.6 Å². The molecule has 1 aliphatic rings. The zero-order valence-electron chi connectivity index (χ0n) is 18.0. The van der Waals surface area contributed by atoms with Crippen LogP contribution in [0.1, 0.15) is 15.9 Å². The van der Waals surface area contributed by atoms with E-state index in [-0.39, 0.29) is 23.4 Å². The molecule has 8 heteroatoms. The highest BCUT2D eigenvalue weighted by molar-refractivity contribution is 5.98. The van der Waals surface area contributed by atoms with Crippen LogP contribution in [0.15, 0.2) is 59.5 Å². The standard InChI is InChI=1S/C24H26N4O4/c1-27(16-17-6-8-18(9-7-17)28-10-12-32-13-11-28)22(29)15-26-24(31)20-14-25-21-5-3-2-4-19(21)23(20)30/h2-9,14H,10-13,15-16H2,1H3,(H,25,30)(H,26,31). The zero-order valence-corrected chi connectivity index (χ0v) is 18.0. The highest BCUT2D eigenvalue weighted by atomic mass is 16.5. The van der Waals surface area contributed by atoms with Crippen LogP contribution in [0.3, 0.4) is 0 Å². The molecule has 2 N–H and O–H groups in total. The van der Waals surface area contributed by atoms with Crippen LogP contribution < -0.4 is 15.6 Å². The van der Waals surface area contributed by atoms with Crippen molar-refractivity contribution in [1.29, 1.82) is 0 Å². The fourth-order valence-corrected chi connectivity index (χ4v) is 3.72. The lowest BCUT2D eigenvalue weighted by molar-refractivity contribution is -0.129. The van der Waals surface area contributed by atoms with Crippen LogP contribution in [0.5, 0.6) is 0 Å². The van der Waals surface area contributed by atoms with Crippen LogP contribution in [0.25, 0.3) is 10.9 Å². The quantitative estimate of drug-likeness (QED) is 0.617. The molecule has 2 aromatic carbocycles. The predicted molar refractivity (Wildman–Crippen MR) is 123 cm³/mol. The number of hydrogen-bond acceptors (Lipinski definition) is 5. The number of ether oxygens (including phenoxy) is 1. The molecule has 3 aromatic rings. The van der Waals surface area contributed by atoms with Crippen molar-refractivity contribution in [3.8, 4) is 0 Å². The second-order valence-corrected chi connectivity index (χ2v) is 7.78. The Labute approximate surface area is 185 Å². The smallest absolute Gasteiger partial charge is 0.257 e. The second kappa shape index (κ2) is 9.65. The first kappa shape index (κ1) is 21.6. The number of likely N-dealkylation sites (N-methyl/N-ethyl adjacent to an activating group) is 1. The molecule has 1 aliphatic heterocycles. The molecule has 2 amide bonds. The molecule has 1 fully saturated rings. The van der Waals surface area contributed by atoms with Crippen molar-refractivity contribution in [2.24, 2.45) is 0 Å². The van der Waals surface area contributed by atoms with Crippen LogP contribution in [0, 0.1) is 0 Å². The number of carbonyl (C=O) groups excluding carboxylic acids is 2. The van der Waals surface area contributed by atoms with Gasteiger partial charge in [-0.2, -0.15) is 0 Å². The minimum atomic E-state index is -0.575. The third-order valence-corrected chi connectivity index (χ3v) is 5.59. The number of carbonyl (C=O) groups is 2. The van der Waals surface area contributed by atoms with E-state index < -0.39 is 5.91 Å². The summed E-state index contributed by atoms with van der Waals surface area (Å²) in [6, 6.07) is 15.1. The Balaban J connectivity index is 1.32. The van der Waals surface area contributed by atoms with Gasteiger partial charge in [0.25, 0.3) is 5.91 Å². The van der Waals surface area contributed by atoms with Gasteiger partial charge in [-0.3, -0.25) is 14.4 Å². The van der Waals surface area contributed by atoms with E-state index in [4.69, 9.17) is 4.74 Å². The number of aromatic nitrogens is 1. The molecule has 166 valence electrons. The number of benzene rings is 2. The van der Waals surface area contributed by atoms with Gasteiger partial charge in [0.2, 0.25) is 11.3 Å². The van der Waals surface area contributed by atoms with Gasteiger partial charge in [0, 0.05) is 49.5 Å². The van der Waals surface area contributed by atoms with Gasteiger partial charge < -0.3 is 24.8 Å². The van der Waals surface area contributed by atoms with E-state index in [9.17, 15) is 14.4 Å². The summed E-state index contributed by atoms with van der Waals surface area (Å²) < 4.78 is 5.38. The molecule has 0 saturated carbocycles. The van der Waals surface area contributed by atoms with Crippen LogP contribution in [0.4, 0.5) is 5.69 Å². The number of hydrogen-bond donors (Lipinski definition) is 2. The lowest BCUT2D eigenvalue weighted by atomic mass is 10.1. The van der Waals surface area contributed by atoms with E-state index in [0.717, 1.165) is 37.6 Å². The van der Waals surface area contributed by atoms with Crippen LogP contribution >= 0.6 is 0 Å². The molecule has 1 aromatic heterocycles. The summed E-state index contributed by atoms with van der Waals surface area (Å²) in [4.78, 5) is 44.3. The third kappa shape index (κ3) is 4.81. The van der Waals surface area contributed by atoms with Crippen molar-refractivity contribution in [2.45, 2.75) is 6.54 Å². The van der Waals surface area contributed by atoms with Crippen LogP contribution in [-0.2, 0) is 16.1 Å². The average molecular weight is 434 g/mol. The summed E-state index contributed by atoms with van der Waals surface area (Å²) in [5.74, 6) is -0.818. The topological polar surface area (TPSA) is 94.7 Å². The van der Waals surface area contributed by atoms with Gasteiger partial charge in [0.1, 0.15) is 5.56 Å². The summed E-state index contributed by atoms with van der Waals surface area (Å²) in [6.45, 7) is 3.45. The Kier molecular flexibility index (Phi) is 6.51. The molecule has 8 nitrogen and oxygen atoms in total. The van der Waals surface area contributed by atoms with Crippen molar-refractivity contribution in [2.75, 3.05) is 44.8 Å². The van der Waals surface area contributed by atoms with Gasteiger partial charge in [-0.15, -0.1) is 0 Å². The van der Waals surface area contributed by atoms with Gasteiger partial charge in [0.05, 0.1) is 19.8 Å². The van der Waals surface area contributed by atoms with E-state index in [1.54, 1.807) is 30.1 Å². The maximum Gasteiger partial charge on any atom is 0.257 e. The maximum atomic E-state index is 12.5. The first-order valence-electron chi connectivity index (χ1n) is 10.6. The lowest BCUT2D eigenvalue weighted by Crippen LogP contribution is -2.39. The van der Waals surface area contributed by atoms with E-state index in [1.807, 2.05) is 30.3 Å². The number of fused-ring (bicyclic) bond motifs is 1. The highest BCUT2D eigenvalue weighted by Crippen LogP contribution is 2.17. The number of nitrogens with zero attached hydrogens (tertiary/aromatic N) is 2. The first-order valence-corrected chi connectivity index (χ1v) is 10.6. The largest absolute Gasteiger partial charge is 0.378 e. The highest BCUT2D eigenvalue weighted by Gasteiger charge is 2.16. The minimum absolute atomic E-state index is 0.0159. The Morgan fingerprint density at radius 1 is 1.09 bits per heavy atom. The lowest BCUT2D eigenvalue weighted by Gasteiger charge is -2.29. The number of aromatic amines is 1. The molecule has 2 heterocycles. The molecule has 4 rings (SSSR count). The molecule has 0 bridgehead atoms. The number of H-pyrrole nitrogens is 1. The van der Waals surface area contributed by atoms with Crippen molar-refractivity contribution in [1.82, 2.24) is 15.2 Å². The number of rotatable bonds is 6. The number of morpholine rings is 1.